The number of hydrogen-bond acceptors (Lipinski definition) is 4. The molecule has 7 heteroatoms. The Bertz CT molecular complexity index is 484. The van der Waals surface area contributed by atoms with Crippen LogP contribution in [0.3, 0.4) is 0 Å². The molecule has 0 N–H and O–H groups in total. The molecule has 2 heterocycles. The summed E-state index contributed by atoms with van der Waals surface area (Å²) in [6.07, 6.45) is -4.52. The van der Waals surface area contributed by atoms with Crippen LogP contribution in [-0.2, 0) is 9.47 Å². The van der Waals surface area contributed by atoms with E-state index < -0.39 is 12.2 Å². The van der Waals surface area contributed by atoms with Crippen molar-refractivity contribution in [1.82, 2.24) is 9.80 Å². The summed E-state index contributed by atoms with van der Waals surface area (Å²) in [5.41, 5.74) is 0.302. The van der Waals surface area contributed by atoms with Gasteiger partial charge in [0, 0.05) is 32.7 Å². The molecule has 0 radical (unpaired) electrons. The summed E-state index contributed by atoms with van der Waals surface area (Å²) in [6.45, 7) is 3.74. The lowest BCUT2D eigenvalue weighted by Gasteiger charge is -2.40. The second kappa shape index (κ2) is 7.17. The molecular weight excluding hydrogens is 309 g/mol. The van der Waals surface area contributed by atoms with Gasteiger partial charge in [0.2, 0.25) is 0 Å². The molecule has 2 aliphatic heterocycles. The Balaban J connectivity index is 1.61. The van der Waals surface area contributed by atoms with Gasteiger partial charge in [0.05, 0.1) is 13.2 Å². The Kier molecular flexibility index (Phi) is 5.21. The van der Waals surface area contributed by atoms with Gasteiger partial charge in [-0.3, -0.25) is 9.80 Å². The fraction of sp³-hybridized carbons (Fsp3) is 0.625. The van der Waals surface area contributed by atoms with E-state index in [0.717, 1.165) is 0 Å². The van der Waals surface area contributed by atoms with Crippen LogP contribution in [0.25, 0.3) is 0 Å². The summed E-state index contributed by atoms with van der Waals surface area (Å²) >= 11 is 0. The van der Waals surface area contributed by atoms with Gasteiger partial charge in [-0.05, 0) is 5.56 Å². The average Bonchev–Trinajstić information content (AvgIpc) is 3.02. The zero-order chi connectivity index (χ0) is 16.3. The van der Waals surface area contributed by atoms with Gasteiger partial charge in [0.25, 0.3) is 0 Å². The standard InChI is InChI=1S/C16H21F3N2O2/c17-16(18,19)15(13-4-2-1-3-5-13)21-8-6-20(7-9-21)12-14-22-10-11-23-14/h1-5,14-15H,6-12H2. The van der Waals surface area contributed by atoms with E-state index >= 15 is 0 Å². The molecule has 0 aliphatic carbocycles. The largest absolute Gasteiger partial charge is 0.408 e. The molecule has 0 bridgehead atoms. The predicted molar refractivity (Wildman–Crippen MR) is 78.9 cm³/mol. The Hall–Kier alpha value is -1.15. The molecule has 1 aromatic carbocycles. The van der Waals surface area contributed by atoms with Gasteiger partial charge in [0.1, 0.15) is 6.04 Å². The predicted octanol–water partition coefficient (Wildman–Crippen LogP) is 2.28. The van der Waals surface area contributed by atoms with E-state index in [1.165, 1.54) is 4.90 Å². The van der Waals surface area contributed by atoms with Crippen LogP contribution in [0, 0.1) is 0 Å². The highest BCUT2D eigenvalue weighted by molar-refractivity contribution is 5.20. The molecule has 2 aliphatic rings. The number of benzene rings is 1. The van der Waals surface area contributed by atoms with E-state index in [9.17, 15) is 13.2 Å². The maximum atomic E-state index is 13.5. The van der Waals surface area contributed by atoms with Crippen molar-refractivity contribution < 1.29 is 22.6 Å². The van der Waals surface area contributed by atoms with Crippen molar-refractivity contribution in [2.75, 3.05) is 45.9 Å². The van der Waals surface area contributed by atoms with E-state index in [1.54, 1.807) is 30.3 Å². The van der Waals surface area contributed by atoms with Gasteiger partial charge in [-0.1, -0.05) is 30.3 Å². The van der Waals surface area contributed by atoms with Crippen molar-refractivity contribution in [2.45, 2.75) is 18.5 Å². The molecule has 128 valence electrons. The summed E-state index contributed by atoms with van der Waals surface area (Å²) in [7, 11) is 0. The lowest BCUT2D eigenvalue weighted by atomic mass is 10.0. The lowest BCUT2D eigenvalue weighted by Crippen LogP contribution is -2.52. The number of hydrogen-bond donors (Lipinski definition) is 0. The molecule has 0 spiro atoms. The molecule has 1 aromatic rings. The minimum Gasteiger partial charge on any atom is -0.349 e. The Morgan fingerprint density at radius 1 is 1.00 bits per heavy atom. The molecule has 4 nitrogen and oxygen atoms in total. The van der Waals surface area contributed by atoms with Gasteiger partial charge in [-0.15, -0.1) is 0 Å². The number of rotatable bonds is 4. The monoisotopic (exact) mass is 330 g/mol. The molecule has 1 atom stereocenters. The van der Waals surface area contributed by atoms with Crippen LogP contribution in [0.1, 0.15) is 11.6 Å². The van der Waals surface area contributed by atoms with Crippen molar-refractivity contribution in [2.24, 2.45) is 0 Å². The highest BCUT2D eigenvalue weighted by atomic mass is 19.4. The first-order valence-electron chi connectivity index (χ1n) is 7.85. The number of alkyl halides is 3. The zero-order valence-electron chi connectivity index (χ0n) is 12.8. The molecule has 1 unspecified atom stereocenters. The third-order valence-corrected chi connectivity index (χ3v) is 4.30. The van der Waals surface area contributed by atoms with Crippen LogP contribution in [0.2, 0.25) is 0 Å². The number of piperazine rings is 1. The first kappa shape index (κ1) is 16.7. The van der Waals surface area contributed by atoms with Crippen molar-refractivity contribution in [3.63, 3.8) is 0 Å². The highest BCUT2D eigenvalue weighted by Crippen LogP contribution is 2.38. The molecule has 0 amide bonds. The summed E-state index contributed by atoms with van der Waals surface area (Å²) in [5, 5.41) is 0. The SMILES string of the molecule is FC(F)(F)C(c1ccccc1)N1CCN(CC2OCCO2)CC1. The van der Waals surface area contributed by atoms with Gasteiger partial charge < -0.3 is 9.47 Å². The van der Waals surface area contributed by atoms with Crippen LogP contribution in [-0.4, -0.2) is 68.2 Å². The normalized spacial score (nSPS) is 23.3. The van der Waals surface area contributed by atoms with Crippen molar-refractivity contribution in [1.29, 1.82) is 0 Å². The Morgan fingerprint density at radius 2 is 1.61 bits per heavy atom. The maximum absolute atomic E-state index is 13.5. The lowest BCUT2D eigenvalue weighted by molar-refractivity contribution is -0.191. The Morgan fingerprint density at radius 3 is 2.17 bits per heavy atom. The quantitative estimate of drug-likeness (QED) is 0.846. The fourth-order valence-corrected chi connectivity index (χ4v) is 3.17. The molecule has 2 saturated heterocycles. The van der Waals surface area contributed by atoms with Gasteiger partial charge in [0.15, 0.2) is 6.29 Å². The Labute approximate surface area is 133 Å². The van der Waals surface area contributed by atoms with E-state index in [1.807, 2.05) is 0 Å². The topological polar surface area (TPSA) is 24.9 Å². The second-order valence-corrected chi connectivity index (χ2v) is 5.86. The average molecular weight is 330 g/mol. The smallest absolute Gasteiger partial charge is 0.349 e. The summed E-state index contributed by atoms with van der Waals surface area (Å²) in [4.78, 5) is 3.62. The molecule has 0 saturated carbocycles. The highest BCUT2D eigenvalue weighted by Gasteiger charge is 2.45. The summed E-state index contributed by atoms with van der Waals surface area (Å²) in [6, 6.07) is 6.59. The maximum Gasteiger partial charge on any atom is 0.408 e. The third kappa shape index (κ3) is 4.23. The van der Waals surface area contributed by atoms with Crippen molar-refractivity contribution in [3.05, 3.63) is 35.9 Å². The van der Waals surface area contributed by atoms with Gasteiger partial charge in [-0.25, -0.2) is 0 Å². The van der Waals surface area contributed by atoms with E-state index in [2.05, 4.69) is 4.90 Å². The first-order chi connectivity index (χ1) is 11.0. The van der Waals surface area contributed by atoms with E-state index in [0.29, 0.717) is 51.5 Å². The zero-order valence-corrected chi connectivity index (χ0v) is 12.8. The summed E-state index contributed by atoms with van der Waals surface area (Å²) < 4.78 is 51.4. The van der Waals surface area contributed by atoms with E-state index in [-0.39, 0.29) is 6.29 Å². The molecule has 23 heavy (non-hydrogen) atoms. The minimum atomic E-state index is -4.28. The minimum absolute atomic E-state index is 0.242. The molecular formula is C16H21F3N2O2. The number of halogens is 3. The molecule has 3 rings (SSSR count). The molecule has 0 aromatic heterocycles. The van der Waals surface area contributed by atoms with Crippen LogP contribution in [0.15, 0.2) is 30.3 Å². The molecule has 2 fully saturated rings. The van der Waals surface area contributed by atoms with Crippen LogP contribution < -0.4 is 0 Å². The first-order valence-corrected chi connectivity index (χ1v) is 7.85. The fourth-order valence-electron chi connectivity index (χ4n) is 3.17. The van der Waals surface area contributed by atoms with Crippen molar-refractivity contribution in [3.8, 4) is 0 Å². The number of ether oxygens (including phenoxy) is 2. The van der Waals surface area contributed by atoms with Crippen LogP contribution in [0.4, 0.5) is 13.2 Å². The van der Waals surface area contributed by atoms with Gasteiger partial charge >= 0.3 is 6.18 Å². The van der Waals surface area contributed by atoms with Gasteiger partial charge in [-0.2, -0.15) is 13.2 Å². The van der Waals surface area contributed by atoms with Crippen LogP contribution in [0.5, 0.6) is 0 Å². The summed E-state index contributed by atoms with van der Waals surface area (Å²) in [5.74, 6) is 0. The van der Waals surface area contributed by atoms with Crippen molar-refractivity contribution >= 4 is 0 Å². The van der Waals surface area contributed by atoms with Crippen LogP contribution >= 0.6 is 0 Å². The second-order valence-electron chi connectivity index (χ2n) is 5.86. The third-order valence-electron chi connectivity index (χ3n) is 4.30. The van der Waals surface area contributed by atoms with E-state index in [4.69, 9.17) is 9.47 Å². The number of nitrogens with zero attached hydrogens (tertiary/aromatic N) is 2.